The smallest absolute Gasteiger partial charge is 0.252 e. The van der Waals surface area contributed by atoms with Crippen LogP contribution in [0.15, 0.2) is 30.5 Å². The number of anilines is 1. The first-order valence-electron chi connectivity index (χ1n) is 9.41. The zero-order chi connectivity index (χ0) is 20.0. The molecule has 28 heavy (non-hydrogen) atoms. The molecule has 6 nitrogen and oxygen atoms in total. The fourth-order valence-corrected chi connectivity index (χ4v) is 3.89. The number of carbonyl (C=O) groups excluding carboxylic acids is 1. The van der Waals surface area contributed by atoms with Crippen LogP contribution in [0, 0.1) is 5.41 Å². The lowest BCUT2D eigenvalue weighted by Crippen LogP contribution is -2.41. The van der Waals surface area contributed by atoms with Crippen molar-refractivity contribution in [3.63, 3.8) is 0 Å². The highest BCUT2D eigenvalue weighted by atomic mass is 35.5. The number of nitrogens with one attached hydrogen (secondary N) is 2. The number of amides is 1. The van der Waals surface area contributed by atoms with E-state index in [-0.39, 0.29) is 23.2 Å². The van der Waals surface area contributed by atoms with Gasteiger partial charge in [-0.05, 0) is 48.7 Å². The van der Waals surface area contributed by atoms with Crippen LogP contribution in [0.3, 0.4) is 0 Å². The number of rotatable bonds is 7. The average molecular weight is 423 g/mol. The number of aromatic nitrogens is 2. The van der Waals surface area contributed by atoms with Crippen molar-refractivity contribution in [1.29, 1.82) is 0 Å². The maximum absolute atomic E-state index is 12.7. The van der Waals surface area contributed by atoms with Crippen LogP contribution in [-0.4, -0.2) is 34.1 Å². The molecule has 3 rings (SSSR count). The molecule has 1 saturated carbocycles. The normalized spacial score (nSPS) is 15.8. The Bertz CT molecular complexity index is 826. The van der Waals surface area contributed by atoms with Gasteiger partial charge in [0.15, 0.2) is 0 Å². The van der Waals surface area contributed by atoms with Crippen molar-refractivity contribution >= 4 is 34.8 Å². The summed E-state index contributed by atoms with van der Waals surface area (Å²) in [6.07, 6.45) is 6.82. The first-order chi connectivity index (χ1) is 13.5. The molecule has 1 aliphatic rings. The lowest BCUT2D eigenvalue weighted by atomic mass is 9.74. The third kappa shape index (κ3) is 5.34. The van der Waals surface area contributed by atoms with Crippen molar-refractivity contribution in [1.82, 2.24) is 15.3 Å². The van der Waals surface area contributed by atoms with E-state index in [0.29, 0.717) is 23.7 Å². The van der Waals surface area contributed by atoms with Crippen LogP contribution >= 0.6 is 23.2 Å². The minimum Gasteiger partial charge on any atom is -0.396 e. The summed E-state index contributed by atoms with van der Waals surface area (Å²) in [6.45, 7) is 0.985. The summed E-state index contributed by atoms with van der Waals surface area (Å²) in [6, 6.07) is 6.97. The minimum absolute atomic E-state index is 0.0874. The number of aliphatic hydroxyl groups is 1. The molecule has 1 amide bonds. The Morgan fingerprint density at radius 1 is 1.18 bits per heavy atom. The van der Waals surface area contributed by atoms with Crippen LogP contribution in [0.1, 0.15) is 48.2 Å². The molecule has 1 aromatic carbocycles. The molecule has 0 spiro atoms. The van der Waals surface area contributed by atoms with Gasteiger partial charge in [0.25, 0.3) is 5.91 Å². The maximum Gasteiger partial charge on any atom is 0.252 e. The van der Waals surface area contributed by atoms with Crippen molar-refractivity contribution in [2.24, 2.45) is 5.41 Å². The van der Waals surface area contributed by atoms with Crippen LogP contribution in [-0.2, 0) is 6.54 Å². The molecular weight excluding hydrogens is 399 g/mol. The second-order valence-electron chi connectivity index (χ2n) is 7.27. The molecule has 0 saturated heterocycles. The molecule has 8 heteroatoms. The van der Waals surface area contributed by atoms with Gasteiger partial charge < -0.3 is 15.7 Å². The van der Waals surface area contributed by atoms with Crippen molar-refractivity contribution < 1.29 is 9.90 Å². The number of hydrogen-bond donors (Lipinski definition) is 3. The van der Waals surface area contributed by atoms with Crippen molar-refractivity contribution in [3.8, 4) is 0 Å². The number of halogens is 2. The zero-order valence-electron chi connectivity index (χ0n) is 15.5. The lowest BCUT2D eigenvalue weighted by molar-refractivity contribution is 0.0718. The van der Waals surface area contributed by atoms with E-state index in [9.17, 15) is 9.90 Å². The number of aliphatic hydroxyl groups excluding tert-OH is 1. The molecule has 1 heterocycles. The standard InChI is InChI=1S/C20H24Cl2N4O2/c21-17-5-4-14(24-11-15-6-9-23-19(22)26-15)10-16(17)18(28)25-12-20(13-27)7-2-1-3-8-20/h4-6,9-10,24,27H,1-3,7-8,11-13H2,(H,25,28). The van der Waals surface area contributed by atoms with E-state index < -0.39 is 0 Å². The van der Waals surface area contributed by atoms with Gasteiger partial charge in [0.1, 0.15) is 0 Å². The molecule has 1 aliphatic carbocycles. The lowest BCUT2D eigenvalue weighted by Gasteiger charge is -2.35. The van der Waals surface area contributed by atoms with E-state index in [0.717, 1.165) is 37.1 Å². The van der Waals surface area contributed by atoms with Crippen molar-refractivity contribution in [3.05, 3.63) is 52.0 Å². The summed E-state index contributed by atoms with van der Waals surface area (Å²) >= 11 is 12.0. The van der Waals surface area contributed by atoms with Crippen LogP contribution in [0.4, 0.5) is 5.69 Å². The predicted octanol–water partition coefficient (Wildman–Crippen LogP) is 4.07. The van der Waals surface area contributed by atoms with E-state index in [4.69, 9.17) is 23.2 Å². The fraction of sp³-hybridized carbons (Fsp3) is 0.450. The molecule has 1 aromatic heterocycles. The number of carbonyl (C=O) groups is 1. The molecule has 3 N–H and O–H groups in total. The first kappa shape index (κ1) is 20.8. The Kier molecular flexibility index (Phi) is 7.10. The van der Waals surface area contributed by atoms with E-state index >= 15 is 0 Å². The molecule has 0 atom stereocenters. The van der Waals surface area contributed by atoms with E-state index in [1.54, 1.807) is 30.5 Å². The first-order valence-corrected chi connectivity index (χ1v) is 10.2. The predicted molar refractivity (Wildman–Crippen MR) is 111 cm³/mol. The molecule has 0 aliphatic heterocycles. The summed E-state index contributed by atoms with van der Waals surface area (Å²) in [5.74, 6) is -0.239. The van der Waals surface area contributed by atoms with E-state index in [2.05, 4.69) is 20.6 Å². The zero-order valence-corrected chi connectivity index (χ0v) is 17.1. The third-order valence-electron chi connectivity index (χ3n) is 5.24. The fourth-order valence-electron chi connectivity index (χ4n) is 3.53. The molecule has 150 valence electrons. The van der Waals surface area contributed by atoms with Gasteiger partial charge in [-0.1, -0.05) is 30.9 Å². The molecular formula is C20H24Cl2N4O2. The summed E-state index contributed by atoms with van der Waals surface area (Å²) in [7, 11) is 0. The number of hydrogen-bond acceptors (Lipinski definition) is 5. The van der Waals surface area contributed by atoms with Crippen molar-refractivity contribution in [2.75, 3.05) is 18.5 Å². The van der Waals surface area contributed by atoms with Crippen molar-refractivity contribution in [2.45, 2.75) is 38.6 Å². The van der Waals surface area contributed by atoms with Crippen LogP contribution < -0.4 is 10.6 Å². The molecule has 1 fully saturated rings. The van der Waals surface area contributed by atoms with Crippen LogP contribution in [0.25, 0.3) is 0 Å². The van der Waals surface area contributed by atoms with E-state index in [1.165, 1.54) is 6.42 Å². The van der Waals surface area contributed by atoms with Gasteiger partial charge in [-0.3, -0.25) is 4.79 Å². The number of nitrogens with zero attached hydrogens (tertiary/aromatic N) is 2. The van der Waals surface area contributed by atoms with Gasteiger partial charge in [-0.25, -0.2) is 9.97 Å². The monoisotopic (exact) mass is 422 g/mol. The Balaban J connectivity index is 1.64. The topological polar surface area (TPSA) is 87.1 Å². The SMILES string of the molecule is O=C(NCC1(CO)CCCCC1)c1cc(NCc2ccnc(Cl)n2)ccc1Cl. The van der Waals surface area contributed by atoms with Gasteiger partial charge in [0.05, 0.1) is 29.4 Å². The van der Waals surface area contributed by atoms with Crippen LogP contribution in [0.5, 0.6) is 0 Å². The highest BCUT2D eigenvalue weighted by Gasteiger charge is 2.32. The molecule has 0 bridgehead atoms. The van der Waals surface area contributed by atoms with Crippen LogP contribution in [0.2, 0.25) is 10.3 Å². The largest absolute Gasteiger partial charge is 0.396 e. The summed E-state index contributed by atoms with van der Waals surface area (Å²) in [4.78, 5) is 20.7. The Morgan fingerprint density at radius 3 is 2.68 bits per heavy atom. The molecule has 0 unspecified atom stereocenters. The number of benzene rings is 1. The maximum atomic E-state index is 12.7. The summed E-state index contributed by atoms with van der Waals surface area (Å²) < 4.78 is 0. The second kappa shape index (κ2) is 9.54. The van der Waals surface area contributed by atoms with Gasteiger partial charge in [0.2, 0.25) is 5.28 Å². The Labute approximate surface area is 174 Å². The van der Waals surface area contributed by atoms with Gasteiger partial charge in [-0.15, -0.1) is 0 Å². The van der Waals surface area contributed by atoms with E-state index in [1.807, 2.05) is 0 Å². The van der Waals surface area contributed by atoms with Gasteiger partial charge in [-0.2, -0.15) is 0 Å². The highest BCUT2D eigenvalue weighted by molar-refractivity contribution is 6.34. The summed E-state index contributed by atoms with van der Waals surface area (Å²) in [5.41, 5.74) is 1.67. The minimum atomic E-state index is -0.239. The molecule has 0 radical (unpaired) electrons. The quantitative estimate of drug-likeness (QED) is 0.585. The second-order valence-corrected chi connectivity index (χ2v) is 8.01. The Morgan fingerprint density at radius 2 is 1.96 bits per heavy atom. The van der Waals surface area contributed by atoms with Gasteiger partial charge in [0, 0.05) is 23.8 Å². The highest BCUT2D eigenvalue weighted by Crippen LogP contribution is 2.35. The average Bonchev–Trinajstić information content (AvgIpc) is 2.72. The van der Waals surface area contributed by atoms with Gasteiger partial charge >= 0.3 is 0 Å². The summed E-state index contributed by atoms with van der Waals surface area (Å²) in [5, 5.41) is 16.6. The Hall–Kier alpha value is -1.89. The molecule has 2 aromatic rings. The third-order valence-corrected chi connectivity index (χ3v) is 5.75.